The number of cyclic esters (lactones) is 1. The van der Waals surface area contributed by atoms with Crippen LogP contribution in [-0.4, -0.2) is 16.7 Å². The number of carbonyl (C=O) groups is 2. The van der Waals surface area contributed by atoms with E-state index in [2.05, 4.69) is 0 Å². The van der Waals surface area contributed by atoms with E-state index in [0.717, 1.165) is 32.1 Å². The minimum absolute atomic E-state index is 0.0370. The van der Waals surface area contributed by atoms with E-state index < -0.39 is 27.8 Å². The molecule has 1 heterocycles. The van der Waals surface area contributed by atoms with Gasteiger partial charge in [-0.3, -0.25) is 19.7 Å². The van der Waals surface area contributed by atoms with Crippen molar-refractivity contribution in [2.24, 2.45) is 10.8 Å². The summed E-state index contributed by atoms with van der Waals surface area (Å²) in [5, 5.41) is 11.2. The number of ether oxygens (including phenoxy) is 1. The average Bonchev–Trinajstić information content (AvgIpc) is 3.15. The highest BCUT2D eigenvalue weighted by Crippen LogP contribution is 2.59. The fourth-order valence-electron chi connectivity index (χ4n) is 5.29. The van der Waals surface area contributed by atoms with Gasteiger partial charge in [-0.1, -0.05) is 44.2 Å². The minimum atomic E-state index is -0.978. The molecule has 2 saturated carbocycles. The monoisotopic (exact) mass is 357 g/mol. The normalized spacial score (nSPS) is 26.8. The molecule has 6 nitrogen and oxygen atoms in total. The van der Waals surface area contributed by atoms with E-state index in [1.807, 2.05) is 0 Å². The first kappa shape index (κ1) is 17.2. The van der Waals surface area contributed by atoms with Gasteiger partial charge in [0.05, 0.1) is 10.3 Å². The maximum Gasteiger partial charge on any atom is 0.320 e. The largest absolute Gasteiger partial charge is 0.456 e. The Kier molecular flexibility index (Phi) is 4.09. The van der Waals surface area contributed by atoms with E-state index in [-0.39, 0.29) is 11.5 Å². The summed E-state index contributed by atoms with van der Waals surface area (Å²) in [7, 11) is 0. The Bertz CT molecular complexity index is 759. The second-order valence-corrected chi connectivity index (χ2v) is 7.97. The molecule has 0 N–H and O–H groups in total. The number of ketones is 1. The molecule has 0 bridgehead atoms. The lowest BCUT2D eigenvalue weighted by Gasteiger charge is -2.50. The first-order valence-electron chi connectivity index (χ1n) is 9.50. The Morgan fingerprint density at radius 3 is 2.31 bits per heavy atom. The number of Topliss-reactive ketones (excluding diaryl/α,β-unsaturated/α-hetero) is 1. The molecule has 1 aromatic carbocycles. The molecule has 1 aromatic rings. The molecule has 0 amide bonds. The zero-order chi connectivity index (χ0) is 18.4. The van der Waals surface area contributed by atoms with Gasteiger partial charge in [-0.15, -0.1) is 0 Å². The van der Waals surface area contributed by atoms with Gasteiger partial charge >= 0.3 is 5.97 Å². The van der Waals surface area contributed by atoms with Crippen molar-refractivity contribution in [2.45, 2.75) is 63.9 Å². The number of carbonyl (C=O) groups excluding carboxylic acids is 2. The number of non-ortho nitro benzene ring substituents is 1. The van der Waals surface area contributed by atoms with Crippen molar-refractivity contribution >= 4 is 17.4 Å². The molecule has 1 saturated heterocycles. The van der Waals surface area contributed by atoms with Crippen molar-refractivity contribution in [3.05, 3.63) is 39.9 Å². The summed E-state index contributed by atoms with van der Waals surface area (Å²) >= 11 is 0. The van der Waals surface area contributed by atoms with Crippen LogP contribution in [0.1, 0.15) is 69.5 Å². The maximum absolute atomic E-state index is 13.7. The number of esters is 1. The lowest BCUT2D eigenvalue weighted by atomic mass is 9.57. The molecule has 1 atom stereocenters. The smallest absolute Gasteiger partial charge is 0.320 e. The molecular formula is C20H23NO5. The topological polar surface area (TPSA) is 86.5 Å². The molecule has 3 aliphatic rings. The molecule has 2 spiro atoms. The van der Waals surface area contributed by atoms with E-state index in [1.54, 1.807) is 12.1 Å². The number of nitrogens with zero attached hydrogens (tertiary/aromatic N) is 1. The van der Waals surface area contributed by atoms with Crippen molar-refractivity contribution in [3.8, 4) is 0 Å². The van der Waals surface area contributed by atoms with Gasteiger partial charge in [0.15, 0.2) is 5.78 Å². The molecule has 26 heavy (non-hydrogen) atoms. The van der Waals surface area contributed by atoms with Crippen molar-refractivity contribution < 1.29 is 19.2 Å². The van der Waals surface area contributed by atoms with Crippen molar-refractivity contribution in [3.63, 3.8) is 0 Å². The maximum atomic E-state index is 13.7. The van der Waals surface area contributed by atoms with Crippen LogP contribution in [0.2, 0.25) is 0 Å². The SMILES string of the molecule is O=C1O[C@H](c2cccc([N+](=O)[O-])c2)C2(CCCCC2)C(=O)C12CCCC2. The van der Waals surface area contributed by atoms with Gasteiger partial charge in [0.25, 0.3) is 5.69 Å². The molecule has 0 aromatic heterocycles. The first-order valence-corrected chi connectivity index (χ1v) is 9.50. The summed E-state index contributed by atoms with van der Waals surface area (Å²) in [6.07, 6.45) is 6.48. The zero-order valence-corrected chi connectivity index (χ0v) is 14.7. The van der Waals surface area contributed by atoms with Crippen LogP contribution in [0.15, 0.2) is 24.3 Å². The summed E-state index contributed by atoms with van der Waals surface area (Å²) < 4.78 is 5.93. The molecule has 1 aliphatic heterocycles. The van der Waals surface area contributed by atoms with Crippen LogP contribution in [0, 0.1) is 20.9 Å². The number of nitro benzene ring substituents is 1. The van der Waals surface area contributed by atoms with Gasteiger partial charge in [0.2, 0.25) is 0 Å². The predicted molar refractivity (Wildman–Crippen MR) is 93.4 cm³/mol. The minimum Gasteiger partial charge on any atom is -0.456 e. The van der Waals surface area contributed by atoms with Crippen LogP contribution in [0.3, 0.4) is 0 Å². The highest BCUT2D eigenvalue weighted by Gasteiger charge is 2.64. The molecule has 2 aliphatic carbocycles. The lowest BCUT2D eigenvalue weighted by Crippen LogP contribution is -2.56. The highest BCUT2D eigenvalue weighted by atomic mass is 16.6. The third kappa shape index (κ3) is 2.38. The number of benzene rings is 1. The number of hydrogen-bond donors (Lipinski definition) is 0. The molecular weight excluding hydrogens is 334 g/mol. The molecule has 0 unspecified atom stereocenters. The summed E-state index contributed by atoms with van der Waals surface area (Å²) in [5.41, 5.74) is -1.19. The Balaban J connectivity index is 1.80. The fraction of sp³-hybridized carbons (Fsp3) is 0.600. The van der Waals surface area contributed by atoms with E-state index in [9.17, 15) is 19.7 Å². The predicted octanol–water partition coefficient (Wildman–Crippen LogP) is 4.27. The van der Waals surface area contributed by atoms with Crippen LogP contribution in [0.5, 0.6) is 0 Å². The molecule has 138 valence electrons. The van der Waals surface area contributed by atoms with Gasteiger partial charge in [-0.2, -0.15) is 0 Å². The van der Waals surface area contributed by atoms with Gasteiger partial charge in [0, 0.05) is 17.7 Å². The third-order valence-corrected chi connectivity index (χ3v) is 6.59. The van der Waals surface area contributed by atoms with Crippen LogP contribution >= 0.6 is 0 Å². The second-order valence-electron chi connectivity index (χ2n) is 7.97. The molecule has 6 heteroatoms. The van der Waals surface area contributed by atoms with E-state index in [1.165, 1.54) is 12.1 Å². The third-order valence-electron chi connectivity index (χ3n) is 6.59. The molecule has 3 fully saturated rings. The Morgan fingerprint density at radius 2 is 1.65 bits per heavy atom. The van der Waals surface area contributed by atoms with Gasteiger partial charge in [-0.05, 0) is 25.7 Å². The summed E-state index contributed by atoms with van der Waals surface area (Å²) in [4.78, 5) is 37.3. The Labute approximate surface area is 152 Å². The van der Waals surface area contributed by atoms with Crippen LogP contribution in [-0.2, 0) is 14.3 Å². The molecule has 0 radical (unpaired) electrons. The Morgan fingerprint density at radius 1 is 1.00 bits per heavy atom. The summed E-state index contributed by atoms with van der Waals surface area (Å²) in [6.45, 7) is 0. The van der Waals surface area contributed by atoms with Crippen molar-refractivity contribution in [2.75, 3.05) is 0 Å². The second kappa shape index (κ2) is 6.18. The van der Waals surface area contributed by atoms with E-state index in [0.29, 0.717) is 31.2 Å². The summed E-state index contributed by atoms with van der Waals surface area (Å²) in [6, 6.07) is 6.21. The standard InChI is InChI=1S/C20H23NO5/c22-17-19(9-2-1-3-10-19)16(14-7-6-8-15(13-14)21(24)25)26-18(23)20(17)11-4-5-12-20/h6-8,13,16H,1-5,9-12H2/t16-/m1/s1. The van der Waals surface area contributed by atoms with Gasteiger partial charge < -0.3 is 4.74 Å². The van der Waals surface area contributed by atoms with Crippen LogP contribution in [0.4, 0.5) is 5.69 Å². The fourth-order valence-corrected chi connectivity index (χ4v) is 5.29. The number of hydrogen-bond acceptors (Lipinski definition) is 5. The van der Waals surface area contributed by atoms with Crippen molar-refractivity contribution in [1.82, 2.24) is 0 Å². The summed E-state index contributed by atoms with van der Waals surface area (Å²) in [5.74, 6) is -0.386. The number of rotatable bonds is 2. The van der Waals surface area contributed by atoms with Crippen molar-refractivity contribution in [1.29, 1.82) is 0 Å². The zero-order valence-electron chi connectivity index (χ0n) is 14.7. The van der Waals surface area contributed by atoms with Gasteiger partial charge in [-0.25, -0.2) is 0 Å². The van der Waals surface area contributed by atoms with Crippen LogP contribution in [0.25, 0.3) is 0 Å². The quantitative estimate of drug-likeness (QED) is 0.341. The Hall–Kier alpha value is -2.24. The number of nitro groups is 1. The highest BCUT2D eigenvalue weighted by molar-refractivity contribution is 6.09. The molecule has 4 rings (SSSR count). The van der Waals surface area contributed by atoms with E-state index in [4.69, 9.17) is 4.74 Å². The van der Waals surface area contributed by atoms with Crippen LogP contribution < -0.4 is 0 Å². The lowest BCUT2D eigenvalue weighted by molar-refractivity contribution is -0.385. The van der Waals surface area contributed by atoms with E-state index >= 15 is 0 Å². The van der Waals surface area contributed by atoms with Gasteiger partial charge in [0.1, 0.15) is 11.5 Å². The average molecular weight is 357 g/mol. The first-order chi connectivity index (χ1) is 12.5.